The van der Waals surface area contributed by atoms with Gasteiger partial charge in [0.2, 0.25) is 0 Å². The molecule has 96 valence electrons. The number of benzene rings is 1. The van der Waals surface area contributed by atoms with Crippen LogP contribution in [0.15, 0.2) is 18.2 Å². The van der Waals surface area contributed by atoms with Gasteiger partial charge in [-0.2, -0.15) is 0 Å². The van der Waals surface area contributed by atoms with Crippen molar-refractivity contribution in [2.45, 2.75) is 25.7 Å². The van der Waals surface area contributed by atoms with Crippen molar-refractivity contribution in [3.05, 3.63) is 33.9 Å². The quantitative estimate of drug-likeness (QED) is 0.607. The SMILES string of the molecule is COc1cc(CC2CCCC2=O)cc([N+](=O)[O-])c1. The highest BCUT2D eigenvalue weighted by atomic mass is 16.6. The van der Waals surface area contributed by atoms with Gasteiger partial charge in [0.15, 0.2) is 0 Å². The predicted molar refractivity (Wildman–Crippen MR) is 65.7 cm³/mol. The molecule has 5 heteroatoms. The molecule has 1 fully saturated rings. The van der Waals surface area contributed by atoms with Crippen molar-refractivity contribution >= 4 is 11.5 Å². The van der Waals surface area contributed by atoms with Crippen molar-refractivity contribution in [3.63, 3.8) is 0 Å². The van der Waals surface area contributed by atoms with Crippen molar-refractivity contribution in [2.24, 2.45) is 5.92 Å². The van der Waals surface area contributed by atoms with E-state index in [2.05, 4.69) is 0 Å². The summed E-state index contributed by atoms with van der Waals surface area (Å²) in [6.45, 7) is 0. The molecule has 18 heavy (non-hydrogen) atoms. The molecule has 1 aromatic carbocycles. The molecular formula is C13H15NO4. The summed E-state index contributed by atoms with van der Waals surface area (Å²) in [4.78, 5) is 22.0. The average molecular weight is 249 g/mol. The summed E-state index contributed by atoms with van der Waals surface area (Å²) in [7, 11) is 1.48. The molecule has 1 aliphatic rings. The van der Waals surface area contributed by atoms with Crippen LogP contribution in [0, 0.1) is 16.0 Å². The third kappa shape index (κ3) is 2.67. The molecule has 1 saturated carbocycles. The number of carbonyl (C=O) groups is 1. The first-order valence-electron chi connectivity index (χ1n) is 5.95. The van der Waals surface area contributed by atoms with E-state index in [-0.39, 0.29) is 17.4 Å². The zero-order chi connectivity index (χ0) is 13.1. The van der Waals surface area contributed by atoms with E-state index in [4.69, 9.17) is 4.74 Å². The molecule has 0 aromatic heterocycles. The number of rotatable bonds is 4. The average Bonchev–Trinajstić information content (AvgIpc) is 2.74. The van der Waals surface area contributed by atoms with Crippen LogP contribution in [0.5, 0.6) is 5.75 Å². The van der Waals surface area contributed by atoms with E-state index in [0.717, 1.165) is 18.4 Å². The van der Waals surface area contributed by atoms with Crippen molar-refractivity contribution in [1.82, 2.24) is 0 Å². The summed E-state index contributed by atoms with van der Waals surface area (Å²) < 4.78 is 5.05. The fourth-order valence-corrected chi connectivity index (χ4v) is 2.37. The van der Waals surface area contributed by atoms with E-state index >= 15 is 0 Å². The molecule has 0 bridgehead atoms. The molecule has 0 spiro atoms. The Morgan fingerprint density at radius 2 is 2.22 bits per heavy atom. The lowest BCUT2D eigenvalue weighted by Gasteiger charge is -2.09. The van der Waals surface area contributed by atoms with Crippen LogP contribution in [-0.2, 0) is 11.2 Å². The number of nitrogens with zero attached hydrogens (tertiary/aromatic N) is 1. The molecule has 0 N–H and O–H groups in total. The monoisotopic (exact) mass is 249 g/mol. The minimum absolute atomic E-state index is 0.00907. The zero-order valence-corrected chi connectivity index (χ0v) is 10.2. The summed E-state index contributed by atoms with van der Waals surface area (Å²) in [5.41, 5.74) is 0.802. The topological polar surface area (TPSA) is 69.4 Å². The third-order valence-electron chi connectivity index (χ3n) is 3.31. The molecule has 0 radical (unpaired) electrons. The number of carbonyl (C=O) groups excluding carboxylic acids is 1. The van der Waals surface area contributed by atoms with E-state index in [0.29, 0.717) is 18.6 Å². The number of Topliss-reactive ketones (excluding diaryl/α,β-unsaturated/α-hetero) is 1. The van der Waals surface area contributed by atoms with E-state index < -0.39 is 4.92 Å². The minimum atomic E-state index is -0.442. The molecular weight excluding hydrogens is 234 g/mol. The summed E-state index contributed by atoms with van der Waals surface area (Å²) in [6.07, 6.45) is 3.01. The number of nitro groups is 1. The number of non-ortho nitro benzene ring substituents is 1. The maximum Gasteiger partial charge on any atom is 0.273 e. The van der Waals surface area contributed by atoms with Crippen molar-refractivity contribution < 1.29 is 14.5 Å². The molecule has 0 amide bonds. The van der Waals surface area contributed by atoms with Crippen LogP contribution in [0.25, 0.3) is 0 Å². The highest BCUT2D eigenvalue weighted by Gasteiger charge is 2.25. The number of hydrogen-bond acceptors (Lipinski definition) is 4. The second-order valence-electron chi connectivity index (χ2n) is 4.56. The summed E-state index contributed by atoms with van der Waals surface area (Å²) in [5.74, 6) is 0.738. The first kappa shape index (κ1) is 12.5. The Bertz CT molecular complexity index is 484. The zero-order valence-electron chi connectivity index (χ0n) is 10.2. The van der Waals surface area contributed by atoms with Gasteiger partial charge in [-0.25, -0.2) is 0 Å². The Hall–Kier alpha value is -1.91. The molecule has 1 unspecified atom stereocenters. The predicted octanol–water partition coefficient (Wildman–Crippen LogP) is 2.52. The highest BCUT2D eigenvalue weighted by molar-refractivity contribution is 5.83. The normalized spacial score (nSPS) is 18.9. The molecule has 2 rings (SSSR count). The number of hydrogen-bond donors (Lipinski definition) is 0. The minimum Gasteiger partial charge on any atom is -0.496 e. The van der Waals surface area contributed by atoms with E-state index in [1.807, 2.05) is 0 Å². The van der Waals surface area contributed by atoms with Gasteiger partial charge in [-0.1, -0.05) is 0 Å². The Balaban J connectivity index is 2.23. The number of ether oxygens (including phenoxy) is 1. The van der Waals surface area contributed by atoms with E-state index in [1.165, 1.54) is 19.2 Å². The Morgan fingerprint density at radius 1 is 1.44 bits per heavy atom. The molecule has 1 atom stereocenters. The van der Waals surface area contributed by atoms with Gasteiger partial charge in [0.1, 0.15) is 11.5 Å². The van der Waals surface area contributed by atoms with Crippen molar-refractivity contribution in [1.29, 1.82) is 0 Å². The van der Waals surface area contributed by atoms with Crippen molar-refractivity contribution in [3.8, 4) is 5.75 Å². The summed E-state index contributed by atoms with van der Waals surface area (Å²) >= 11 is 0. The van der Waals surface area contributed by atoms with Crippen LogP contribution in [0.3, 0.4) is 0 Å². The maximum atomic E-state index is 11.6. The first-order chi connectivity index (χ1) is 8.60. The van der Waals surface area contributed by atoms with Gasteiger partial charge >= 0.3 is 0 Å². The van der Waals surface area contributed by atoms with Gasteiger partial charge < -0.3 is 4.74 Å². The first-order valence-corrected chi connectivity index (χ1v) is 5.95. The Kier molecular flexibility index (Phi) is 3.60. The maximum absolute atomic E-state index is 11.6. The lowest BCUT2D eigenvalue weighted by Crippen LogP contribution is -2.09. The standard InChI is InChI=1S/C13H15NO4/c1-18-12-7-9(6-11(8-12)14(16)17)5-10-3-2-4-13(10)15/h6-8,10H,2-5H2,1H3. The van der Waals surface area contributed by atoms with Gasteiger partial charge in [0.25, 0.3) is 5.69 Å². The molecule has 1 aliphatic carbocycles. The van der Waals surface area contributed by atoms with Crippen molar-refractivity contribution in [2.75, 3.05) is 7.11 Å². The van der Waals surface area contributed by atoms with Gasteiger partial charge in [-0.15, -0.1) is 0 Å². The Morgan fingerprint density at radius 3 is 2.78 bits per heavy atom. The highest BCUT2D eigenvalue weighted by Crippen LogP contribution is 2.29. The second kappa shape index (κ2) is 5.16. The van der Waals surface area contributed by atoms with Crippen LogP contribution < -0.4 is 4.74 Å². The molecule has 0 heterocycles. The largest absolute Gasteiger partial charge is 0.496 e. The summed E-state index contributed by atoms with van der Waals surface area (Å²) in [6, 6.07) is 4.67. The van der Waals surface area contributed by atoms with E-state index in [1.54, 1.807) is 6.07 Å². The number of ketones is 1. The van der Waals surface area contributed by atoms with Crippen LogP contribution in [0.2, 0.25) is 0 Å². The van der Waals surface area contributed by atoms with Gasteiger partial charge in [-0.05, 0) is 30.9 Å². The van der Waals surface area contributed by atoms with Crippen LogP contribution in [-0.4, -0.2) is 17.8 Å². The number of methoxy groups -OCH3 is 1. The van der Waals surface area contributed by atoms with Gasteiger partial charge in [0.05, 0.1) is 18.1 Å². The fourth-order valence-electron chi connectivity index (χ4n) is 2.37. The van der Waals surface area contributed by atoms with Gasteiger partial charge in [-0.3, -0.25) is 14.9 Å². The summed E-state index contributed by atoms with van der Waals surface area (Å²) in [5, 5.41) is 10.8. The molecule has 1 aromatic rings. The molecule has 0 aliphatic heterocycles. The smallest absolute Gasteiger partial charge is 0.273 e. The fraction of sp³-hybridized carbons (Fsp3) is 0.462. The third-order valence-corrected chi connectivity index (χ3v) is 3.31. The lowest BCUT2D eigenvalue weighted by molar-refractivity contribution is -0.385. The Labute approximate surface area is 105 Å². The molecule has 0 saturated heterocycles. The van der Waals surface area contributed by atoms with Crippen LogP contribution in [0.4, 0.5) is 5.69 Å². The van der Waals surface area contributed by atoms with E-state index in [9.17, 15) is 14.9 Å². The second-order valence-corrected chi connectivity index (χ2v) is 4.56. The lowest BCUT2D eigenvalue weighted by atomic mass is 9.97. The van der Waals surface area contributed by atoms with Crippen LogP contribution in [0.1, 0.15) is 24.8 Å². The molecule has 5 nitrogen and oxygen atoms in total. The van der Waals surface area contributed by atoms with Gasteiger partial charge in [0, 0.05) is 18.4 Å². The van der Waals surface area contributed by atoms with Crippen LogP contribution >= 0.6 is 0 Å². The number of nitro benzene ring substituents is 1.